The van der Waals surface area contributed by atoms with E-state index in [1.165, 1.54) is 6.20 Å². The molecular formula is C12H15BrN2O3. The number of hydrogen-bond donors (Lipinski definition) is 2. The molecule has 0 aliphatic carbocycles. The molecule has 6 heteroatoms. The first-order chi connectivity index (χ1) is 8.45. The molecule has 1 aromatic rings. The van der Waals surface area contributed by atoms with E-state index in [1.807, 2.05) is 6.92 Å². The van der Waals surface area contributed by atoms with Crippen molar-refractivity contribution in [3.8, 4) is 0 Å². The zero-order valence-corrected chi connectivity index (χ0v) is 11.8. The molecule has 0 aromatic carbocycles. The molecular weight excluding hydrogens is 300 g/mol. The van der Waals surface area contributed by atoms with Crippen molar-refractivity contribution in [1.29, 1.82) is 0 Å². The van der Waals surface area contributed by atoms with Crippen LogP contribution in [0.15, 0.2) is 22.9 Å². The van der Waals surface area contributed by atoms with Gasteiger partial charge in [0.1, 0.15) is 10.6 Å². The number of carbonyl (C=O) groups excluding carboxylic acids is 1. The SMILES string of the molecule is CCC(C)C(NC(=O)c1ccc(Br)nc1)C(=O)O. The molecule has 1 aromatic heterocycles. The summed E-state index contributed by atoms with van der Waals surface area (Å²) in [6.07, 6.45) is 2.07. The monoisotopic (exact) mass is 314 g/mol. The van der Waals surface area contributed by atoms with E-state index < -0.39 is 17.9 Å². The van der Waals surface area contributed by atoms with Crippen LogP contribution in [0.3, 0.4) is 0 Å². The van der Waals surface area contributed by atoms with E-state index in [1.54, 1.807) is 19.1 Å². The number of halogens is 1. The highest BCUT2D eigenvalue weighted by Gasteiger charge is 2.25. The fraction of sp³-hybridized carbons (Fsp3) is 0.417. The number of nitrogens with zero attached hydrogens (tertiary/aromatic N) is 1. The van der Waals surface area contributed by atoms with E-state index in [4.69, 9.17) is 5.11 Å². The fourth-order valence-corrected chi connectivity index (χ4v) is 1.65. The maximum atomic E-state index is 11.9. The number of aliphatic carboxylic acids is 1. The lowest BCUT2D eigenvalue weighted by Crippen LogP contribution is -2.45. The number of pyridine rings is 1. The van der Waals surface area contributed by atoms with Crippen LogP contribution in [-0.4, -0.2) is 28.0 Å². The Morgan fingerprint density at radius 2 is 2.17 bits per heavy atom. The average molecular weight is 315 g/mol. The third kappa shape index (κ3) is 3.80. The molecule has 0 fully saturated rings. The molecule has 5 nitrogen and oxygen atoms in total. The Bertz CT molecular complexity index is 433. The minimum absolute atomic E-state index is 0.130. The number of hydrogen-bond acceptors (Lipinski definition) is 3. The van der Waals surface area contributed by atoms with Crippen molar-refractivity contribution in [1.82, 2.24) is 10.3 Å². The van der Waals surface area contributed by atoms with Crippen LogP contribution in [0.25, 0.3) is 0 Å². The van der Waals surface area contributed by atoms with Gasteiger partial charge in [0.25, 0.3) is 5.91 Å². The summed E-state index contributed by atoms with van der Waals surface area (Å²) < 4.78 is 0.621. The summed E-state index contributed by atoms with van der Waals surface area (Å²) in [6, 6.07) is 2.33. The number of carboxylic acid groups (broad SMARTS) is 1. The molecule has 1 rings (SSSR count). The van der Waals surface area contributed by atoms with E-state index >= 15 is 0 Å². The standard InChI is InChI=1S/C12H15BrN2O3/c1-3-7(2)10(12(17)18)15-11(16)8-4-5-9(13)14-6-8/h4-7,10H,3H2,1-2H3,(H,15,16)(H,17,18). The summed E-state index contributed by atoms with van der Waals surface area (Å²) in [7, 11) is 0. The van der Waals surface area contributed by atoms with Crippen molar-refractivity contribution in [2.75, 3.05) is 0 Å². The second-order valence-electron chi connectivity index (χ2n) is 4.04. The molecule has 98 valence electrons. The Labute approximate surface area is 114 Å². The van der Waals surface area contributed by atoms with Crippen LogP contribution in [0.5, 0.6) is 0 Å². The number of carboxylic acids is 1. The third-order valence-corrected chi connectivity index (χ3v) is 3.22. The van der Waals surface area contributed by atoms with E-state index in [-0.39, 0.29) is 5.92 Å². The minimum atomic E-state index is -1.03. The van der Waals surface area contributed by atoms with Gasteiger partial charge in [0, 0.05) is 6.20 Å². The summed E-state index contributed by atoms with van der Waals surface area (Å²) in [5.74, 6) is -1.58. The topological polar surface area (TPSA) is 79.3 Å². The van der Waals surface area contributed by atoms with Crippen molar-refractivity contribution in [3.63, 3.8) is 0 Å². The molecule has 18 heavy (non-hydrogen) atoms. The van der Waals surface area contributed by atoms with Crippen molar-refractivity contribution < 1.29 is 14.7 Å². The van der Waals surface area contributed by atoms with Crippen molar-refractivity contribution in [2.24, 2.45) is 5.92 Å². The van der Waals surface area contributed by atoms with Crippen molar-refractivity contribution in [3.05, 3.63) is 28.5 Å². The lowest BCUT2D eigenvalue weighted by atomic mass is 9.99. The Morgan fingerprint density at radius 1 is 1.50 bits per heavy atom. The highest BCUT2D eigenvalue weighted by atomic mass is 79.9. The summed E-state index contributed by atoms with van der Waals surface area (Å²) in [5, 5.41) is 11.6. The first kappa shape index (κ1) is 14.6. The highest BCUT2D eigenvalue weighted by Crippen LogP contribution is 2.10. The van der Waals surface area contributed by atoms with Gasteiger partial charge in [0.2, 0.25) is 0 Å². The van der Waals surface area contributed by atoms with Gasteiger partial charge in [-0.3, -0.25) is 4.79 Å². The largest absolute Gasteiger partial charge is 0.480 e. The molecule has 0 radical (unpaired) electrons. The minimum Gasteiger partial charge on any atom is -0.480 e. The molecule has 1 amide bonds. The lowest BCUT2D eigenvalue weighted by Gasteiger charge is -2.20. The predicted molar refractivity (Wildman–Crippen MR) is 70.3 cm³/mol. The number of rotatable bonds is 5. The molecule has 2 N–H and O–H groups in total. The summed E-state index contributed by atoms with van der Waals surface area (Å²) >= 11 is 3.17. The van der Waals surface area contributed by atoms with Crippen molar-refractivity contribution >= 4 is 27.8 Å². The van der Waals surface area contributed by atoms with Gasteiger partial charge in [0.05, 0.1) is 5.56 Å². The summed E-state index contributed by atoms with van der Waals surface area (Å²) in [4.78, 5) is 26.9. The van der Waals surface area contributed by atoms with Gasteiger partial charge in [-0.05, 0) is 34.0 Å². The second kappa shape index (κ2) is 6.49. The van der Waals surface area contributed by atoms with Gasteiger partial charge in [-0.1, -0.05) is 20.3 Å². The number of amides is 1. The zero-order chi connectivity index (χ0) is 13.7. The van der Waals surface area contributed by atoms with Crippen LogP contribution in [0.1, 0.15) is 30.6 Å². The molecule has 0 spiro atoms. The Morgan fingerprint density at radius 3 is 2.61 bits per heavy atom. The van der Waals surface area contributed by atoms with Crippen LogP contribution in [0, 0.1) is 5.92 Å². The van der Waals surface area contributed by atoms with Gasteiger partial charge in [0.15, 0.2) is 0 Å². The molecule has 2 unspecified atom stereocenters. The smallest absolute Gasteiger partial charge is 0.326 e. The molecule has 0 saturated heterocycles. The third-order valence-electron chi connectivity index (χ3n) is 2.76. The first-order valence-electron chi connectivity index (χ1n) is 5.61. The molecule has 1 heterocycles. The number of aromatic nitrogens is 1. The van der Waals surface area contributed by atoms with Gasteiger partial charge >= 0.3 is 5.97 Å². The van der Waals surface area contributed by atoms with Gasteiger partial charge in [-0.2, -0.15) is 0 Å². The van der Waals surface area contributed by atoms with Gasteiger partial charge < -0.3 is 10.4 Å². The second-order valence-corrected chi connectivity index (χ2v) is 4.86. The molecule has 2 atom stereocenters. The van der Waals surface area contributed by atoms with E-state index in [2.05, 4.69) is 26.2 Å². The normalized spacial score (nSPS) is 13.7. The first-order valence-corrected chi connectivity index (χ1v) is 6.40. The maximum Gasteiger partial charge on any atom is 0.326 e. The van der Waals surface area contributed by atoms with E-state index in [0.29, 0.717) is 16.6 Å². The predicted octanol–water partition coefficient (Wildman–Crippen LogP) is 2.07. The van der Waals surface area contributed by atoms with Crippen LogP contribution >= 0.6 is 15.9 Å². The highest BCUT2D eigenvalue weighted by molar-refractivity contribution is 9.10. The lowest BCUT2D eigenvalue weighted by molar-refractivity contribution is -0.140. The fourth-order valence-electron chi connectivity index (χ4n) is 1.42. The summed E-state index contributed by atoms with van der Waals surface area (Å²) in [5.41, 5.74) is 0.341. The van der Waals surface area contributed by atoms with E-state index in [9.17, 15) is 9.59 Å². The Balaban J connectivity index is 2.78. The van der Waals surface area contributed by atoms with Crippen LogP contribution in [0.4, 0.5) is 0 Å². The van der Waals surface area contributed by atoms with Crippen LogP contribution < -0.4 is 5.32 Å². The number of nitrogens with one attached hydrogen (secondary N) is 1. The summed E-state index contributed by atoms with van der Waals surface area (Å²) in [6.45, 7) is 3.67. The molecule has 0 aliphatic heterocycles. The van der Waals surface area contributed by atoms with Crippen LogP contribution in [-0.2, 0) is 4.79 Å². The van der Waals surface area contributed by atoms with Crippen molar-refractivity contribution in [2.45, 2.75) is 26.3 Å². The Kier molecular flexibility index (Phi) is 5.27. The van der Waals surface area contributed by atoms with Gasteiger partial charge in [-0.25, -0.2) is 9.78 Å². The zero-order valence-electron chi connectivity index (χ0n) is 10.2. The van der Waals surface area contributed by atoms with E-state index in [0.717, 1.165) is 0 Å². The van der Waals surface area contributed by atoms with Gasteiger partial charge in [-0.15, -0.1) is 0 Å². The maximum absolute atomic E-state index is 11.9. The number of carbonyl (C=O) groups is 2. The van der Waals surface area contributed by atoms with Crippen LogP contribution in [0.2, 0.25) is 0 Å². The molecule has 0 saturated carbocycles. The quantitative estimate of drug-likeness (QED) is 0.815. The molecule has 0 aliphatic rings. The Hall–Kier alpha value is -1.43. The average Bonchev–Trinajstić information content (AvgIpc) is 2.35. The molecule has 0 bridgehead atoms.